The van der Waals surface area contributed by atoms with Gasteiger partial charge in [-0.25, -0.2) is 0 Å². The van der Waals surface area contributed by atoms with E-state index in [1.165, 1.54) is 5.57 Å². The van der Waals surface area contributed by atoms with E-state index in [0.717, 1.165) is 18.6 Å². The van der Waals surface area contributed by atoms with E-state index in [9.17, 15) is 0 Å². The van der Waals surface area contributed by atoms with Gasteiger partial charge in [-0.3, -0.25) is 0 Å². The van der Waals surface area contributed by atoms with Gasteiger partial charge in [-0.15, -0.1) is 0 Å². The average molecular weight is 176 g/mol. The summed E-state index contributed by atoms with van der Waals surface area (Å²) in [5.41, 5.74) is 1.27. The Hall–Kier alpha value is -1.24. The summed E-state index contributed by atoms with van der Waals surface area (Å²) in [6.45, 7) is 6.22. The molecule has 0 saturated heterocycles. The third-order valence-electron chi connectivity index (χ3n) is 1.89. The van der Waals surface area contributed by atoms with Gasteiger partial charge in [0.15, 0.2) is 0 Å². The molecule has 0 amide bonds. The molecule has 0 unspecified atom stereocenters. The maximum Gasteiger partial charge on any atom is 0.112 e. The number of ether oxygens (including phenoxy) is 1. The van der Waals surface area contributed by atoms with Gasteiger partial charge in [0.1, 0.15) is 6.61 Å². The molecule has 0 fully saturated rings. The lowest BCUT2D eigenvalue weighted by Gasteiger charge is -2.09. The molecule has 0 spiro atoms. The standard InChI is InChI=1S/C12H16O/c1-3-7-11(2)13-10-12-8-5-4-6-9-12/h3,5,7-9H,1,4,6,10H2,2H3/b11-7+. The van der Waals surface area contributed by atoms with Crippen molar-refractivity contribution in [3.8, 4) is 0 Å². The van der Waals surface area contributed by atoms with E-state index in [0.29, 0.717) is 6.61 Å². The van der Waals surface area contributed by atoms with Crippen molar-refractivity contribution in [1.29, 1.82) is 0 Å². The second-order valence-corrected chi connectivity index (χ2v) is 3.06. The Bertz CT molecular complexity index is 256. The van der Waals surface area contributed by atoms with Crippen LogP contribution in [0.3, 0.4) is 0 Å². The molecule has 0 N–H and O–H groups in total. The van der Waals surface area contributed by atoms with Crippen molar-refractivity contribution in [2.24, 2.45) is 0 Å². The van der Waals surface area contributed by atoms with Crippen molar-refractivity contribution in [1.82, 2.24) is 0 Å². The van der Waals surface area contributed by atoms with Crippen molar-refractivity contribution in [2.75, 3.05) is 6.61 Å². The minimum absolute atomic E-state index is 0.673. The quantitative estimate of drug-likeness (QED) is 0.471. The minimum atomic E-state index is 0.673. The molecule has 13 heavy (non-hydrogen) atoms. The molecule has 0 bridgehead atoms. The summed E-state index contributed by atoms with van der Waals surface area (Å²) in [5, 5.41) is 0. The fourth-order valence-corrected chi connectivity index (χ4v) is 1.19. The molecule has 70 valence electrons. The number of rotatable bonds is 4. The van der Waals surface area contributed by atoms with Crippen LogP contribution in [-0.4, -0.2) is 6.61 Å². The predicted molar refractivity (Wildman–Crippen MR) is 56.4 cm³/mol. The van der Waals surface area contributed by atoms with E-state index in [1.807, 2.05) is 13.0 Å². The normalized spacial score (nSPS) is 16.7. The first-order valence-corrected chi connectivity index (χ1v) is 4.60. The Morgan fingerprint density at radius 3 is 3.08 bits per heavy atom. The highest BCUT2D eigenvalue weighted by Gasteiger charge is 1.97. The molecular weight excluding hydrogens is 160 g/mol. The molecule has 0 heterocycles. The summed E-state index contributed by atoms with van der Waals surface area (Å²) in [6, 6.07) is 0. The van der Waals surface area contributed by atoms with Crippen LogP contribution in [0, 0.1) is 0 Å². The summed E-state index contributed by atoms with van der Waals surface area (Å²) < 4.78 is 5.49. The lowest BCUT2D eigenvalue weighted by Crippen LogP contribution is -1.96. The highest BCUT2D eigenvalue weighted by Crippen LogP contribution is 2.11. The van der Waals surface area contributed by atoms with Crippen molar-refractivity contribution < 1.29 is 4.74 Å². The second kappa shape index (κ2) is 5.41. The monoisotopic (exact) mass is 176 g/mol. The van der Waals surface area contributed by atoms with Gasteiger partial charge in [0.05, 0.1) is 5.76 Å². The third kappa shape index (κ3) is 3.79. The van der Waals surface area contributed by atoms with E-state index in [1.54, 1.807) is 6.08 Å². The highest BCUT2D eigenvalue weighted by atomic mass is 16.5. The summed E-state index contributed by atoms with van der Waals surface area (Å²) >= 11 is 0. The van der Waals surface area contributed by atoms with Gasteiger partial charge in [-0.2, -0.15) is 0 Å². The molecule has 0 saturated carbocycles. The molecule has 1 heteroatoms. The Morgan fingerprint density at radius 1 is 1.62 bits per heavy atom. The van der Waals surface area contributed by atoms with Crippen LogP contribution in [0.5, 0.6) is 0 Å². The summed E-state index contributed by atoms with van der Waals surface area (Å²) in [4.78, 5) is 0. The van der Waals surface area contributed by atoms with E-state index < -0.39 is 0 Å². The Morgan fingerprint density at radius 2 is 2.46 bits per heavy atom. The molecule has 1 aliphatic rings. The molecule has 0 aromatic heterocycles. The van der Waals surface area contributed by atoms with Crippen LogP contribution in [0.2, 0.25) is 0 Å². The van der Waals surface area contributed by atoms with Gasteiger partial charge < -0.3 is 4.74 Å². The smallest absolute Gasteiger partial charge is 0.112 e. The van der Waals surface area contributed by atoms with Crippen molar-refractivity contribution in [2.45, 2.75) is 19.8 Å². The lowest BCUT2D eigenvalue weighted by molar-refractivity contribution is 0.244. The van der Waals surface area contributed by atoms with Gasteiger partial charge in [0.2, 0.25) is 0 Å². The molecule has 0 atom stereocenters. The first-order valence-electron chi connectivity index (χ1n) is 4.60. The van der Waals surface area contributed by atoms with E-state index in [2.05, 4.69) is 24.8 Å². The number of hydrogen-bond acceptors (Lipinski definition) is 1. The van der Waals surface area contributed by atoms with E-state index in [-0.39, 0.29) is 0 Å². The molecule has 1 aliphatic carbocycles. The molecule has 0 aromatic carbocycles. The Labute approximate surface area is 80.1 Å². The zero-order chi connectivity index (χ0) is 9.52. The number of hydrogen-bond donors (Lipinski definition) is 0. The fraction of sp³-hybridized carbons (Fsp3) is 0.333. The first kappa shape index (κ1) is 9.85. The minimum Gasteiger partial charge on any atom is -0.494 e. The van der Waals surface area contributed by atoms with Crippen LogP contribution < -0.4 is 0 Å². The fourth-order valence-electron chi connectivity index (χ4n) is 1.19. The van der Waals surface area contributed by atoms with Crippen molar-refractivity contribution in [3.63, 3.8) is 0 Å². The summed E-state index contributed by atoms with van der Waals surface area (Å²) in [6.07, 6.45) is 12.4. The van der Waals surface area contributed by atoms with E-state index >= 15 is 0 Å². The van der Waals surface area contributed by atoms with Crippen LogP contribution in [0.1, 0.15) is 19.8 Å². The highest BCUT2D eigenvalue weighted by molar-refractivity contribution is 5.22. The van der Waals surface area contributed by atoms with Gasteiger partial charge >= 0.3 is 0 Å². The Balaban J connectivity index is 2.33. The predicted octanol–water partition coefficient (Wildman–Crippen LogP) is 3.37. The maximum absolute atomic E-state index is 5.49. The molecular formula is C12H16O. The second-order valence-electron chi connectivity index (χ2n) is 3.06. The SMILES string of the molecule is C=C/C=C(\C)OCC1=CCCC=C1. The molecule has 1 rings (SSSR count). The molecule has 1 nitrogen and oxygen atoms in total. The lowest BCUT2D eigenvalue weighted by atomic mass is 10.1. The molecule has 0 aromatic rings. The summed E-state index contributed by atoms with van der Waals surface area (Å²) in [7, 11) is 0. The largest absolute Gasteiger partial charge is 0.494 e. The number of allylic oxidation sites excluding steroid dienone is 5. The Kier molecular flexibility index (Phi) is 4.10. The molecule has 0 radical (unpaired) electrons. The molecule has 0 aliphatic heterocycles. The van der Waals surface area contributed by atoms with Gasteiger partial charge in [-0.1, -0.05) is 30.9 Å². The van der Waals surface area contributed by atoms with E-state index in [4.69, 9.17) is 4.74 Å². The third-order valence-corrected chi connectivity index (χ3v) is 1.89. The van der Waals surface area contributed by atoms with Crippen LogP contribution in [-0.2, 0) is 4.74 Å². The van der Waals surface area contributed by atoms with Gasteiger partial charge in [0, 0.05) is 0 Å². The summed E-state index contributed by atoms with van der Waals surface area (Å²) in [5.74, 6) is 0.912. The zero-order valence-electron chi connectivity index (χ0n) is 8.12. The van der Waals surface area contributed by atoms with Gasteiger partial charge in [-0.05, 0) is 31.4 Å². The van der Waals surface area contributed by atoms with Crippen LogP contribution in [0.15, 0.2) is 48.3 Å². The van der Waals surface area contributed by atoms with Crippen molar-refractivity contribution in [3.05, 3.63) is 48.3 Å². The van der Waals surface area contributed by atoms with Gasteiger partial charge in [0.25, 0.3) is 0 Å². The topological polar surface area (TPSA) is 9.23 Å². The van der Waals surface area contributed by atoms with Crippen LogP contribution >= 0.6 is 0 Å². The van der Waals surface area contributed by atoms with Crippen molar-refractivity contribution >= 4 is 0 Å². The maximum atomic E-state index is 5.49. The first-order chi connectivity index (χ1) is 6.33. The zero-order valence-corrected chi connectivity index (χ0v) is 8.12. The average Bonchev–Trinajstić information content (AvgIpc) is 2.17. The van der Waals surface area contributed by atoms with Crippen LogP contribution in [0.25, 0.3) is 0 Å². The van der Waals surface area contributed by atoms with Crippen LogP contribution in [0.4, 0.5) is 0 Å².